The molecular formula is C14H14FN. The van der Waals surface area contributed by atoms with E-state index in [9.17, 15) is 4.39 Å². The van der Waals surface area contributed by atoms with Gasteiger partial charge in [0.1, 0.15) is 0 Å². The molecule has 0 saturated heterocycles. The van der Waals surface area contributed by atoms with Crippen molar-refractivity contribution in [1.29, 1.82) is 0 Å². The maximum absolute atomic E-state index is 13.0. The van der Waals surface area contributed by atoms with Crippen LogP contribution in [-0.4, -0.2) is 4.98 Å². The number of hydrogen-bond acceptors (Lipinski definition) is 1. The van der Waals surface area contributed by atoms with Gasteiger partial charge in [-0.15, -0.1) is 0 Å². The Morgan fingerprint density at radius 3 is 2.50 bits per heavy atom. The second-order valence-corrected chi connectivity index (χ2v) is 4.15. The molecule has 1 nitrogen and oxygen atoms in total. The molecule has 0 N–H and O–H groups in total. The standard InChI is InChI=1S/C14H14FN/c1-10(2)11-4-3-5-12(8-11)13-6-7-16-14(15)9-13/h3-10H,1-2H3. The summed E-state index contributed by atoms with van der Waals surface area (Å²) < 4.78 is 13.0. The molecule has 0 aliphatic rings. The number of aromatic nitrogens is 1. The van der Waals surface area contributed by atoms with Crippen LogP contribution in [0.4, 0.5) is 4.39 Å². The summed E-state index contributed by atoms with van der Waals surface area (Å²) in [7, 11) is 0. The van der Waals surface area contributed by atoms with E-state index in [0.717, 1.165) is 11.1 Å². The third-order valence-electron chi connectivity index (χ3n) is 2.61. The number of nitrogens with zero attached hydrogens (tertiary/aromatic N) is 1. The van der Waals surface area contributed by atoms with E-state index in [4.69, 9.17) is 0 Å². The molecule has 0 radical (unpaired) electrons. The molecule has 0 aliphatic heterocycles. The van der Waals surface area contributed by atoms with Gasteiger partial charge in [-0.05, 0) is 28.7 Å². The number of benzene rings is 1. The van der Waals surface area contributed by atoms with E-state index in [0.29, 0.717) is 5.92 Å². The molecule has 2 aromatic rings. The number of rotatable bonds is 2. The smallest absolute Gasteiger partial charge is 0.213 e. The molecule has 0 amide bonds. The average Bonchev–Trinajstić information content (AvgIpc) is 2.29. The van der Waals surface area contributed by atoms with Crippen LogP contribution in [0.2, 0.25) is 0 Å². The maximum Gasteiger partial charge on any atom is 0.213 e. The van der Waals surface area contributed by atoms with Crippen LogP contribution in [0.25, 0.3) is 11.1 Å². The van der Waals surface area contributed by atoms with E-state index < -0.39 is 5.95 Å². The first-order valence-electron chi connectivity index (χ1n) is 5.38. The Morgan fingerprint density at radius 1 is 1.06 bits per heavy atom. The second kappa shape index (κ2) is 4.44. The summed E-state index contributed by atoms with van der Waals surface area (Å²) in [5.74, 6) is 0.0408. The Morgan fingerprint density at radius 2 is 1.81 bits per heavy atom. The monoisotopic (exact) mass is 215 g/mol. The molecule has 16 heavy (non-hydrogen) atoms. The van der Waals surface area contributed by atoms with Crippen molar-refractivity contribution < 1.29 is 4.39 Å². The van der Waals surface area contributed by atoms with Gasteiger partial charge in [-0.1, -0.05) is 38.1 Å². The Labute approximate surface area is 95.0 Å². The lowest BCUT2D eigenvalue weighted by atomic mass is 9.98. The predicted molar refractivity (Wildman–Crippen MR) is 63.7 cm³/mol. The van der Waals surface area contributed by atoms with E-state index >= 15 is 0 Å². The average molecular weight is 215 g/mol. The van der Waals surface area contributed by atoms with Crippen LogP contribution in [0.1, 0.15) is 25.3 Å². The number of hydrogen-bond donors (Lipinski definition) is 0. The first kappa shape index (κ1) is 10.8. The summed E-state index contributed by atoms with van der Waals surface area (Å²) in [6.07, 6.45) is 1.49. The summed E-state index contributed by atoms with van der Waals surface area (Å²) in [6.45, 7) is 4.29. The zero-order valence-electron chi connectivity index (χ0n) is 9.44. The molecule has 0 spiro atoms. The van der Waals surface area contributed by atoms with Crippen molar-refractivity contribution in [2.24, 2.45) is 0 Å². The lowest BCUT2D eigenvalue weighted by Gasteiger charge is -2.08. The molecule has 0 aliphatic carbocycles. The van der Waals surface area contributed by atoms with Crippen molar-refractivity contribution in [2.45, 2.75) is 19.8 Å². The van der Waals surface area contributed by atoms with E-state index in [-0.39, 0.29) is 0 Å². The Balaban J connectivity index is 2.44. The zero-order chi connectivity index (χ0) is 11.5. The highest BCUT2D eigenvalue weighted by Crippen LogP contribution is 2.23. The molecule has 0 unspecified atom stereocenters. The largest absolute Gasteiger partial charge is 0.228 e. The van der Waals surface area contributed by atoms with Gasteiger partial charge in [0.2, 0.25) is 5.95 Å². The van der Waals surface area contributed by atoms with Gasteiger partial charge in [0.05, 0.1) is 0 Å². The number of halogens is 1. The van der Waals surface area contributed by atoms with Crippen molar-refractivity contribution in [3.8, 4) is 11.1 Å². The topological polar surface area (TPSA) is 12.9 Å². The summed E-state index contributed by atoms with van der Waals surface area (Å²) in [5.41, 5.74) is 3.16. The predicted octanol–water partition coefficient (Wildman–Crippen LogP) is 4.01. The lowest BCUT2D eigenvalue weighted by molar-refractivity contribution is 0.584. The molecule has 2 heteroatoms. The van der Waals surface area contributed by atoms with Crippen LogP contribution in [0, 0.1) is 5.95 Å². The van der Waals surface area contributed by atoms with Gasteiger partial charge in [0.15, 0.2) is 0 Å². The SMILES string of the molecule is CC(C)c1cccc(-c2ccnc(F)c2)c1. The minimum absolute atomic E-state index is 0.438. The van der Waals surface area contributed by atoms with Gasteiger partial charge < -0.3 is 0 Å². The van der Waals surface area contributed by atoms with Crippen molar-refractivity contribution in [3.05, 3.63) is 54.1 Å². The highest BCUT2D eigenvalue weighted by atomic mass is 19.1. The van der Waals surface area contributed by atoms with Gasteiger partial charge >= 0.3 is 0 Å². The zero-order valence-corrected chi connectivity index (χ0v) is 9.44. The van der Waals surface area contributed by atoms with Gasteiger partial charge in [-0.25, -0.2) is 4.98 Å². The van der Waals surface area contributed by atoms with Gasteiger partial charge in [0, 0.05) is 12.3 Å². The van der Waals surface area contributed by atoms with Crippen LogP contribution in [0.3, 0.4) is 0 Å². The second-order valence-electron chi connectivity index (χ2n) is 4.15. The van der Waals surface area contributed by atoms with Crippen LogP contribution >= 0.6 is 0 Å². The van der Waals surface area contributed by atoms with E-state index in [2.05, 4.69) is 31.0 Å². The van der Waals surface area contributed by atoms with Crippen molar-refractivity contribution >= 4 is 0 Å². The van der Waals surface area contributed by atoms with Crippen LogP contribution in [-0.2, 0) is 0 Å². The highest BCUT2D eigenvalue weighted by Gasteiger charge is 2.03. The van der Waals surface area contributed by atoms with E-state index in [1.807, 2.05) is 18.2 Å². The molecule has 0 fully saturated rings. The molecule has 0 saturated carbocycles. The van der Waals surface area contributed by atoms with E-state index in [1.54, 1.807) is 0 Å². The minimum atomic E-state index is -0.438. The summed E-state index contributed by atoms with van der Waals surface area (Å²) in [5, 5.41) is 0. The Kier molecular flexibility index (Phi) is 3.00. The van der Waals surface area contributed by atoms with Crippen molar-refractivity contribution in [2.75, 3.05) is 0 Å². The number of pyridine rings is 1. The van der Waals surface area contributed by atoms with Crippen molar-refractivity contribution in [3.63, 3.8) is 0 Å². The molecule has 2 rings (SSSR count). The normalized spacial score (nSPS) is 10.8. The molecular weight excluding hydrogens is 201 g/mol. The fraction of sp³-hybridized carbons (Fsp3) is 0.214. The lowest BCUT2D eigenvalue weighted by Crippen LogP contribution is -1.89. The van der Waals surface area contributed by atoms with Crippen molar-refractivity contribution in [1.82, 2.24) is 4.98 Å². The Bertz CT molecular complexity index is 492. The summed E-state index contributed by atoms with van der Waals surface area (Å²) in [6, 6.07) is 11.5. The highest BCUT2D eigenvalue weighted by molar-refractivity contribution is 5.63. The first-order valence-corrected chi connectivity index (χ1v) is 5.38. The maximum atomic E-state index is 13.0. The fourth-order valence-electron chi connectivity index (χ4n) is 1.66. The minimum Gasteiger partial charge on any atom is -0.228 e. The third kappa shape index (κ3) is 2.27. The van der Waals surface area contributed by atoms with Crippen LogP contribution in [0.15, 0.2) is 42.6 Å². The van der Waals surface area contributed by atoms with Crippen LogP contribution in [0.5, 0.6) is 0 Å². The van der Waals surface area contributed by atoms with Gasteiger partial charge in [0.25, 0.3) is 0 Å². The molecule has 82 valence electrons. The first-order chi connectivity index (χ1) is 7.66. The van der Waals surface area contributed by atoms with Gasteiger partial charge in [-0.3, -0.25) is 0 Å². The molecule has 1 aromatic heterocycles. The molecule has 1 heterocycles. The summed E-state index contributed by atoms with van der Waals surface area (Å²) in [4.78, 5) is 3.56. The molecule has 0 atom stereocenters. The third-order valence-corrected chi connectivity index (χ3v) is 2.61. The quantitative estimate of drug-likeness (QED) is 0.690. The Hall–Kier alpha value is -1.70. The summed E-state index contributed by atoms with van der Waals surface area (Å²) >= 11 is 0. The molecule has 1 aromatic carbocycles. The van der Waals surface area contributed by atoms with E-state index in [1.165, 1.54) is 17.8 Å². The van der Waals surface area contributed by atoms with Crippen LogP contribution < -0.4 is 0 Å². The fourth-order valence-corrected chi connectivity index (χ4v) is 1.66. The van der Waals surface area contributed by atoms with Gasteiger partial charge in [-0.2, -0.15) is 4.39 Å². The molecule has 0 bridgehead atoms.